The molecule has 0 spiro atoms. The predicted molar refractivity (Wildman–Crippen MR) is 95.8 cm³/mol. The number of amides is 1. The number of benzene rings is 4. The summed E-state index contributed by atoms with van der Waals surface area (Å²) in [5.41, 5.74) is 1.50. The van der Waals surface area contributed by atoms with E-state index < -0.39 is 0 Å². The molecule has 1 N–H and O–H groups in total. The first-order chi connectivity index (χ1) is 11.3. The van der Waals surface area contributed by atoms with Crippen LogP contribution in [-0.2, 0) is 0 Å². The molecule has 4 aromatic rings. The fraction of sp³-hybridized carbons (Fsp3) is 0. The van der Waals surface area contributed by atoms with Gasteiger partial charge in [-0.2, -0.15) is 0 Å². The molecular weight excluding hydrogens is 282 g/mol. The minimum atomic E-state index is -0.0916. The van der Waals surface area contributed by atoms with E-state index >= 15 is 0 Å². The quantitative estimate of drug-likeness (QED) is 0.503. The lowest BCUT2D eigenvalue weighted by Crippen LogP contribution is -2.11. The summed E-state index contributed by atoms with van der Waals surface area (Å²) in [6.07, 6.45) is 0. The fourth-order valence-electron chi connectivity index (χ4n) is 2.94. The zero-order valence-corrected chi connectivity index (χ0v) is 12.5. The van der Waals surface area contributed by atoms with E-state index in [0.29, 0.717) is 5.56 Å². The smallest absolute Gasteiger partial charge is 0.255 e. The molecule has 0 heterocycles. The summed E-state index contributed by atoms with van der Waals surface area (Å²) in [4.78, 5) is 12.5. The number of anilines is 1. The molecule has 0 bridgehead atoms. The summed E-state index contributed by atoms with van der Waals surface area (Å²) < 4.78 is 0. The number of carbonyl (C=O) groups excluding carboxylic acids is 1. The topological polar surface area (TPSA) is 29.1 Å². The van der Waals surface area contributed by atoms with Gasteiger partial charge in [0.15, 0.2) is 0 Å². The van der Waals surface area contributed by atoms with Crippen molar-refractivity contribution in [2.45, 2.75) is 0 Å². The van der Waals surface area contributed by atoms with Crippen LogP contribution >= 0.6 is 0 Å². The first-order valence-electron chi connectivity index (χ1n) is 7.60. The predicted octanol–water partition coefficient (Wildman–Crippen LogP) is 5.25. The van der Waals surface area contributed by atoms with Gasteiger partial charge >= 0.3 is 0 Å². The number of hydrogen-bond donors (Lipinski definition) is 1. The Labute approximate surface area is 134 Å². The third-order valence-electron chi connectivity index (χ3n) is 4.05. The van der Waals surface area contributed by atoms with Gasteiger partial charge in [-0.3, -0.25) is 4.79 Å². The molecule has 2 heteroatoms. The first-order valence-corrected chi connectivity index (χ1v) is 7.60. The highest BCUT2D eigenvalue weighted by Gasteiger charge is 2.10. The van der Waals surface area contributed by atoms with E-state index in [1.165, 1.54) is 5.39 Å². The summed E-state index contributed by atoms with van der Waals surface area (Å²) in [6, 6.07) is 27.7. The second-order valence-corrected chi connectivity index (χ2v) is 5.51. The molecule has 4 aromatic carbocycles. The van der Waals surface area contributed by atoms with Gasteiger partial charge < -0.3 is 5.32 Å². The second kappa shape index (κ2) is 5.58. The van der Waals surface area contributed by atoms with Crippen molar-refractivity contribution in [1.29, 1.82) is 0 Å². The van der Waals surface area contributed by atoms with Crippen molar-refractivity contribution in [1.82, 2.24) is 0 Å². The molecule has 0 fully saturated rings. The molecule has 23 heavy (non-hydrogen) atoms. The van der Waals surface area contributed by atoms with Crippen molar-refractivity contribution in [2.75, 3.05) is 5.32 Å². The number of fused-ring (bicyclic) bond motifs is 3. The molecular formula is C21H15NO. The Morgan fingerprint density at radius 2 is 1.26 bits per heavy atom. The average Bonchev–Trinajstić information content (AvgIpc) is 2.62. The van der Waals surface area contributed by atoms with E-state index in [9.17, 15) is 4.79 Å². The first kappa shape index (κ1) is 13.5. The Morgan fingerprint density at radius 1 is 0.652 bits per heavy atom. The monoisotopic (exact) mass is 297 g/mol. The average molecular weight is 297 g/mol. The lowest BCUT2D eigenvalue weighted by molar-refractivity contribution is 0.102. The molecule has 1 amide bonds. The Morgan fingerprint density at radius 3 is 2.04 bits per heavy atom. The van der Waals surface area contributed by atoms with Gasteiger partial charge in [-0.25, -0.2) is 0 Å². The second-order valence-electron chi connectivity index (χ2n) is 5.51. The molecule has 0 aliphatic rings. The molecule has 0 atom stereocenters. The van der Waals surface area contributed by atoms with E-state index in [2.05, 4.69) is 23.5 Å². The van der Waals surface area contributed by atoms with E-state index in [4.69, 9.17) is 0 Å². The molecule has 0 unspecified atom stereocenters. The molecule has 0 aliphatic carbocycles. The summed E-state index contributed by atoms with van der Waals surface area (Å²) in [5, 5.41) is 7.57. The van der Waals surface area contributed by atoms with Crippen LogP contribution in [0.3, 0.4) is 0 Å². The number of carbonyl (C=O) groups is 1. The molecule has 0 aliphatic heterocycles. The maximum atomic E-state index is 12.5. The van der Waals surface area contributed by atoms with E-state index in [-0.39, 0.29) is 5.91 Å². The molecule has 4 rings (SSSR count). The number of nitrogens with one attached hydrogen (secondary N) is 1. The van der Waals surface area contributed by atoms with Crippen LogP contribution in [0.15, 0.2) is 84.9 Å². The van der Waals surface area contributed by atoms with E-state index in [1.54, 1.807) is 0 Å². The molecule has 0 saturated heterocycles. The summed E-state index contributed by atoms with van der Waals surface area (Å²) in [5.74, 6) is -0.0916. The van der Waals surface area contributed by atoms with Crippen molar-refractivity contribution in [3.63, 3.8) is 0 Å². The maximum Gasteiger partial charge on any atom is 0.255 e. The van der Waals surface area contributed by atoms with Crippen molar-refractivity contribution in [3.05, 3.63) is 90.5 Å². The largest absolute Gasteiger partial charge is 0.321 e. The van der Waals surface area contributed by atoms with Gasteiger partial charge in [-0.05, 0) is 34.4 Å². The summed E-state index contributed by atoms with van der Waals surface area (Å²) in [6.45, 7) is 0. The Balaban J connectivity index is 1.87. The molecule has 110 valence electrons. The van der Waals surface area contributed by atoms with Gasteiger partial charge in [-0.1, -0.05) is 66.7 Å². The van der Waals surface area contributed by atoms with Crippen LogP contribution in [0.5, 0.6) is 0 Å². The van der Waals surface area contributed by atoms with Gasteiger partial charge in [-0.15, -0.1) is 0 Å². The lowest BCUT2D eigenvalue weighted by atomic mass is 10.00. The Bertz CT molecular complexity index is 1010. The van der Waals surface area contributed by atoms with Crippen LogP contribution < -0.4 is 5.32 Å². The van der Waals surface area contributed by atoms with Gasteiger partial charge in [0, 0.05) is 16.6 Å². The number of hydrogen-bond acceptors (Lipinski definition) is 1. The highest BCUT2D eigenvalue weighted by atomic mass is 16.1. The SMILES string of the molecule is O=C(Nc1cc2ccccc2c2ccccc12)c1ccccc1. The lowest BCUT2D eigenvalue weighted by Gasteiger charge is -2.12. The highest BCUT2D eigenvalue weighted by molar-refractivity contribution is 6.16. The minimum absolute atomic E-state index is 0.0916. The minimum Gasteiger partial charge on any atom is -0.321 e. The maximum absolute atomic E-state index is 12.5. The zero-order valence-electron chi connectivity index (χ0n) is 12.5. The van der Waals surface area contributed by atoms with Crippen LogP contribution in [0.4, 0.5) is 5.69 Å². The molecule has 0 radical (unpaired) electrons. The van der Waals surface area contributed by atoms with Crippen LogP contribution in [0, 0.1) is 0 Å². The highest BCUT2D eigenvalue weighted by Crippen LogP contribution is 2.32. The Kier molecular flexibility index (Phi) is 3.28. The molecule has 0 aromatic heterocycles. The van der Waals surface area contributed by atoms with Gasteiger partial charge in [0.25, 0.3) is 5.91 Å². The van der Waals surface area contributed by atoms with E-state index in [1.807, 2.05) is 66.7 Å². The standard InChI is InChI=1S/C21H15NO/c23-21(15-8-2-1-3-9-15)22-20-14-16-10-4-5-11-17(16)18-12-6-7-13-19(18)20/h1-14H,(H,22,23). The molecule has 0 saturated carbocycles. The van der Waals surface area contributed by atoms with Gasteiger partial charge in [0.1, 0.15) is 0 Å². The van der Waals surface area contributed by atoms with Crippen molar-refractivity contribution in [3.8, 4) is 0 Å². The number of rotatable bonds is 2. The third-order valence-corrected chi connectivity index (χ3v) is 4.05. The van der Waals surface area contributed by atoms with Gasteiger partial charge in [0.05, 0.1) is 0 Å². The Hall–Kier alpha value is -3.13. The molecule has 2 nitrogen and oxygen atoms in total. The third kappa shape index (κ3) is 2.44. The summed E-state index contributed by atoms with van der Waals surface area (Å²) in [7, 11) is 0. The van der Waals surface area contributed by atoms with Crippen LogP contribution in [-0.4, -0.2) is 5.91 Å². The van der Waals surface area contributed by atoms with E-state index in [0.717, 1.165) is 21.8 Å². The zero-order chi connectivity index (χ0) is 15.6. The normalized spacial score (nSPS) is 10.8. The van der Waals surface area contributed by atoms with Crippen LogP contribution in [0.25, 0.3) is 21.5 Å². The van der Waals surface area contributed by atoms with Crippen LogP contribution in [0.2, 0.25) is 0 Å². The van der Waals surface area contributed by atoms with Crippen molar-refractivity contribution >= 4 is 33.1 Å². The van der Waals surface area contributed by atoms with Crippen molar-refractivity contribution in [2.24, 2.45) is 0 Å². The van der Waals surface area contributed by atoms with Crippen molar-refractivity contribution < 1.29 is 4.79 Å². The van der Waals surface area contributed by atoms with Crippen LogP contribution in [0.1, 0.15) is 10.4 Å². The summed E-state index contributed by atoms with van der Waals surface area (Å²) >= 11 is 0. The fourth-order valence-corrected chi connectivity index (χ4v) is 2.94. The van der Waals surface area contributed by atoms with Gasteiger partial charge in [0.2, 0.25) is 0 Å².